The fourth-order valence-electron chi connectivity index (χ4n) is 1.63. The Kier molecular flexibility index (Phi) is 4.04. The third-order valence-corrected chi connectivity index (χ3v) is 2.68. The Balaban J connectivity index is 0.000000845. The van der Waals surface area contributed by atoms with Gasteiger partial charge in [0.25, 0.3) is 0 Å². The van der Waals surface area contributed by atoms with Crippen molar-refractivity contribution >= 4 is 24.0 Å². The third kappa shape index (κ3) is 2.37. The van der Waals surface area contributed by atoms with Gasteiger partial charge in [-0.15, -0.1) is 24.0 Å². The summed E-state index contributed by atoms with van der Waals surface area (Å²) in [6.45, 7) is 1.93. The first-order valence-electron chi connectivity index (χ1n) is 4.30. The van der Waals surface area contributed by atoms with E-state index in [9.17, 15) is 0 Å². The lowest BCUT2D eigenvalue weighted by atomic mass is 10.0. The van der Waals surface area contributed by atoms with Crippen LogP contribution in [-0.4, -0.2) is 13.1 Å². The highest BCUT2D eigenvalue weighted by Gasteiger charge is 2.14. The number of hydrogen-bond donors (Lipinski definition) is 1. The van der Waals surface area contributed by atoms with Crippen LogP contribution in [-0.2, 0) is 6.42 Å². The summed E-state index contributed by atoms with van der Waals surface area (Å²) >= 11 is 6.19. The molecule has 0 bridgehead atoms. The number of nitrogens with one attached hydrogen (secondary N) is 1. The lowest BCUT2D eigenvalue weighted by Gasteiger charge is -2.08. The molecule has 13 heavy (non-hydrogen) atoms. The van der Waals surface area contributed by atoms with Gasteiger partial charge in [-0.1, -0.05) is 24.3 Å². The molecule has 0 saturated heterocycles. The standard InChI is InChI=1S/C10H12ClN.ClH/c11-10-7-12-6-5-8-3-1-2-4-9(8)10;/h1-4,10,12H,5-7H2;1H. The van der Waals surface area contributed by atoms with Crippen LogP contribution in [0.4, 0.5) is 0 Å². The molecule has 1 aromatic carbocycles. The molecule has 1 heterocycles. The molecule has 1 atom stereocenters. The maximum atomic E-state index is 6.19. The molecule has 0 fully saturated rings. The van der Waals surface area contributed by atoms with Crippen molar-refractivity contribution in [3.63, 3.8) is 0 Å². The topological polar surface area (TPSA) is 12.0 Å². The molecule has 0 aliphatic carbocycles. The SMILES string of the molecule is Cl.ClC1CNCCc2ccccc21. The van der Waals surface area contributed by atoms with Crippen molar-refractivity contribution in [1.29, 1.82) is 0 Å². The summed E-state index contributed by atoms with van der Waals surface area (Å²) in [5.41, 5.74) is 2.69. The van der Waals surface area contributed by atoms with E-state index in [-0.39, 0.29) is 17.8 Å². The van der Waals surface area contributed by atoms with E-state index in [2.05, 4.69) is 29.6 Å². The van der Waals surface area contributed by atoms with Gasteiger partial charge < -0.3 is 5.32 Å². The Bertz CT molecular complexity index is 275. The van der Waals surface area contributed by atoms with E-state index in [4.69, 9.17) is 11.6 Å². The Morgan fingerprint density at radius 1 is 1.31 bits per heavy atom. The summed E-state index contributed by atoms with van der Waals surface area (Å²) in [4.78, 5) is 0. The lowest BCUT2D eigenvalue weighted by molar-refractivity contribution is 0.700. The molecule has 0 amide bonds. The minimum atomic E-state index is 0. The summed E-state index contributed by atoms with van der Waals surface area (Å²) in [5, 5.41) is 3.45. The molecular weight excluding hydrogens is 205 g/mol. The summed E-state index contributed by atoms with van der Waals surface area (Å²) in [6.07, 6.45) is 1.10. The molecule has 1 aromatic rings. The van der Waals surface area contributed by atoms with E-state index in [1.807, 2.05) is 0 Å². The van der Waals surface area contributed by atoms with Gasteiger partial charge in [-0.25, -0.2) is 0 Å². The molecule has 2 rings (SSSR count). The van der Waals surface area contributed by atoms with E-state index < -0.39 is 0 Å². The highest BCUT2D eigenvalue weighted by atomic mass is 35.5. The van der Waals surface area contributed by atoms with Crippen LogP contribution >= 0.6 is 24.0 Å². The van der Waals surface area contributed by atoms with Crippen LogP contribution < -0.4 is 5.32 Å². The van der Waals surface area contributed by atoms with Crippen molar-refractivity contribution in [2.45, 2.75) is 11.8 Å². The van der Waals surface area contributed by atoms with Gasteiger partial charge in [0.2, 0.25) is 0 Å². The van der Waals surface area contributed by atoms with Crippen molar-refractivity contribution in [3.8, 4) is 0 Å². The molecule has 1 aliphatic heterocycles. The number of benzene rings is 1. The minimum Gasteiger partial charge on any atom is -0.315 e. The Labute approximate surface area is 89.9 Å². The zero-order valence-electron chi connectivity index (χ0n) is 7.29. The van der Waals surface area contributed by atoms with Gasteiger partial charge in [0.15, 0.2) is 0 Å². The zero-order valence-corrected chi connectivity index (χ0v) is 8.87. The maximum absolute atomic E-state index is 6.19. The van der Waals surface area contributed by atoms with Gasteiger partial charge in [-0.2, -0.15) is 0 Å². The second-order valence-corrected chi connectivity index (χ2v) is 3.65. The minimum absolute atomic E-state index is 0. The second kappa shape index (κ2) is 4.85. The first-order valence-corrected chi connectivity index (χ1v) is 4.74. The van der Waals surface area contributed by atoms with Gasteiger partial charge in [0, 0.05) is 6.54 Å². The number of fused-ring (bicyclic) bond motifs is 1. The van der Waals surface area contributed by atoms with Gasteiger partial charge in [-0.3, -0.25) is 0 Å². The summed E-state index contributed by atoms with van der Waals surface area (Å²) in [7, 11) is 0. The molecule has 1 N–H and O–H groups in total. The summed E-state index contributed by atoms with van der Waals surface area (Å²) in [5.74, 6) is 0. The number of alkyl halides is 1. The zero-order chi connectivity index (χ0) is 8.39. The molecule has 0 aromatic heterocycles. The van der Waals surface area contributed by atoms with Crippen LogP contribution in [0.25, 0.3) is 0 Å². The van der Waals surface area contributed by atoms with E-state index >= 15 is 0 Å². The molecular formula is C10H13Cl2N. The predicted octanol–water partition coefficient (Wildman–Crippen LogP) is 2.53. The normalized spacial score (nSPS) is 21.2. The molecule has 0 spiro atoms. The second-order valence-electron chi connectivity index (χ2n) is 3.12. The first kappa shape index (κ1) is 10.8. The van der Waals surface area contributed by atoms with Gasteiger partial charge >= 0.3 is 0 Å². The number of halogens is 2. The lowest BCUT2D eigenvalue weighted by Crippen LogP contribution is -2.17. The van der Waals surface area contributed by atoms with Gasteiger partial charge in [0.05, 0.1) is 5.38 Å². The van der Waals surface area contributed by atoms with Gasteiger partial charge in [0.1, 0.15) is 0 Å². The Morgan fingerprint density at radius 3 is 2.92 bits per heavy atom. The van der Waals surface area contributed by atoms with Crippen molar-refractivity contribution < 1.29 is 0 Å². The van der Waals surface area contributed by atoms with Gasteiger partial charge in [-0.05, 0) is 24.1 Å². The van der Waals surface area contributed by atoms with E-state index in [0.717, 1.165) is 19.5 Å². The highest BCUT2D eigenvalue weighted by molar-refractivity contribution is 6.21. The van der Waals surface area contributed by atoms with Crippen LogP contribution in [0.15, 0.2) is 24.3 Å². The molecule has 72 valence electrons. The monoisotopic (exact) mass is 217 g/mol. The van der Waals surface area contributed by atoms with E-state index in [1.165, 1.54) is 11.1 Å². The summed E-state index contributed by atoms with van der Waals surface area (Å²) < 4.78 is 0. The summed E-state index contributed by atoms with van der Waals surface area (Å²) in [6, 6.07) is 8.42. The Morgan fingerprint density at radius 2 is 2.08 bits per heavy atom. The predicted molar refractivity (Wildman–Crippen MR) is 58.9 cm³/mol. The van der Waals surface area contributed by atoms with Crippen LogP contribution in [0.2, 0.25) is 0 Å². The van der Waals surface area contributed by atoms with Crippen LogP contribution in [0.1, 0.15) is 16.5 Å². The smallest absolute Gasteiger partial charge is 0.0712 e. The quantitative estimate of drug-likeness (QED) is 0.660. The molecule has 0 saturated carbocycles. The van der Waals surface area contributed by atoms with Crippen molar-refractivity contribution in [3.05, 3.63) is 35.4 Å². The first-order chi connectivity index (χ1) is 5.88. The van der Waals surface area contributed by atoms with Crippen molar-refractivity contribution in [2.24, 2.45) is 0 Å². The van der Waals surface area contributed by atoms with E-state index in [0.29, 0.717) is 0 Å². The van der Waals surface area contributed by atoms with Crippen LogP contribution in [0.5, 0.6) is 0 Å². The molecule has 0 radical (unpaired) electrons. The highest BCUT2D eigenvalue weighted by Crippen LogP contribution is 2.25. The fourth-order valence-corrected chi connectivity index (χ4v) is 1.95. The average Bonchev–Trinajstić information content (AvgIpc) is 2.29. The molecule has 1 nitrogen and oxygen atoms in total. The number of rotatable bonds is 0. The maximum Gasteiger partial charge on any atom is 0.0712 e. The largest absolute Gasteiger partial charge is 0.315 e. The third-order valence-electron chi connectivity index (χ3n) is 2.29. The number of hydrogen-bond acceptors (Lipinski definition) is 1. The average molecular weight is 218 g/mol. The van der Waals surface area contributed by atoms with Crippen molar-refractivity contribution in [1.82, 2.24) is 5.32 Å². The molecule has 3 heteroatoms. The Hall–Kier alpha value is -0.240. The fraction of sp³-hybridized carbons (Fsp3) is 0.400. The van der Waals surface area contributed by atoms with E-state index in [1.54, 1.807) is 0 Å². The molecule has 1 unspecified atom stereocenters. The molecule has 1 aliphatic rings. The van der Waals surface area contributed by atoms with Crippen LogP contribution in [0.3, 0.4) is 0 Å². The van der Waals surface area contributed by atoms with Crippen molar-refractivity contribution in [2.75, 3.05) is 13.1 Å². The van der Waals surface area contributed by atoms with Crippen LogP contribution in [0, 0.1) is 0 Å².